The van der Waals surface area contributed by atoms with Crippen molar-refractivity contribution in [2.45, 2.75) is 50.3 Å². The molecule has 0 atom stereocenters. The van der Waals surface area contributed by atoms with Gasteiger partial charge < -0.3 is 4.74 Å². The van der Waals surface area contributed by atoms with Crippen LogP contribution in [0.5, 0.6) is 11.5 Å². The summed E-state index contributed by atoms with van der Waals surface area (Å²) in [6.45, 7) is 2.21. The lowest BCUT2D eigenvalue weighted by atomic mass is 10.1. The largest absolute Gasteiger partial charge is 0.456 e. The summed E-state index contributed by atoms with van der Waals surface area (Å²) in [7, 11) is -4.31. The first-order valence-corrected chi connectivity index (χ1v) is 9.78. The van der Waals surface area contributed by atoms with Gasteiger partial charge in [0.2, 0.25) is 0 Å². The highest BCUT2D eigenvalue weighted by atomic mass is 32.2. The number of unbranched alkanes of at least 4 members (excludes halogenated alkanes) is 4. The maximum Gasteiger partial charge on any atom is 0.298 e. The van der Waals surface area contributed by atoms with Crippen LogP contribution in [0.15, 0.2) is 53.4 Å². The normalized spacial score (nSPS) is 11.4. The molecular formula is C19H24O4S. The van der Waals surface area contributed by atoms with Gasteiger partial charge in [-0.3, -0.25) is 4.55 Å². The van der Waals surface area contributed by atoms with Crippen molar-refractivity contribution in [3.05, 3.63) is 54.1 Å². The monoisotopic (exact) mass is 348 g/mol. The predicted molar refractivity (Wildman–Crippen MR) is 95.2 cm³/mol. The van der Waals surface area contributed by atoms with E-state index in [4.69, 9.17) is 4.74 Å². The molecule has 24 heavy (non-hydrogen) atoms. The predicted octanol–water partition coefficient (Wildman–Crippen LogP) is 5.24. The van der Waals surface area contributed by atoms with Gasteiger partial charge in [-0.25, -0.2) is 0 Å². The third kappa shape index (κ3) is 5.65. The van der Waals surface area contributed by atoms with Crippen molar-refractivity contribution in [3.63, 3.8) is 0 Å². The van der Waals surface area contributed by atoms with E-state index >= 15 is 0 Å². The Labute approximate surface area is 144 Å². The molecule has 0 amide bonds. The van der Waals surface area contributed by atoms with Crippen LogP contribution in [0.25, 0.3) is 0 Å². The second kappa shape index (κ2) is 8.85. The van der Waals surface area contributed by atoms with Gasteiger partial charge in [-0.15, -0.1) is 0 Å². The molecule has 0 aliphatic carbocycles. The molecule has 0 radical (unpaired) electrons. The molecule has 0 bridgehead atoms. The Hall–Kier alpha value is -1.85. The van der Waals surface area contributed by atoms with Crippen molar-refractivity contribution in [1.29, 1.82) is 0 Å². The summed E-state index contributed by atoms with van der Waals surface area (Å²) >= 11 is 0. The first-order valence-electron chi connectivity index (χ1n) is 8.34. The average Bonchev–Trinajstić information content (AvgIpc) is 2.56. The topological polar surface area (TPSA) is 63.6 Å². The number of aryl methyl sites for hydroxylation is 1. The van der Waals surface area contributed by atoms with E-state index in [1.54, 1.807) is 6.07 Å². The van der Waals surface area contributed by atoms with Gasteiger partial charge in [-0.2, -0.15) is 8.42 Å². The molecule has 5 heteroatoms. The van der Waals surface area contributed by atoms with Crippen molar-refractivity contribution in [2.75, 3.05) is 0 Å². The summed E-state index contributed by atoms with van der Waals surface area (Å²) in [5.41, 5.74) is 1.24. The fourth-order valence-electron chi connectivity index (χ4n) is 2.53. The summed E-state index contributed by atoms with van der Waals surface area (Å²) in [6, 6.07) is 13.7. The number of hydrogen-bond donors (Lipinski definition) is 1. The maximum atomic E-state index is 11.4. The first kappa shape index (κ1) is 18.5. The Kier molecular flexibility index (Phi) is 6.82. The first-order chi connectivity index (χ1) is 11.5. The van der Waals surface area contributed by atoms with Crippen LogP contribution in [0.1, 0.15) is 44.6 Å². The fraction of sp³-hybridized carbons (Fsp3) is 0.368. The smallest absolute Gasteiger partial charge is 0.298 e. The standard InChI is InChI=1S/C19H24O4S/c1-2-3-4-5-6-9-16-12-14-17(15-13-16)23-18-10-7-8-11-19(18)24(20,21)22/h7-8,10-15H,2-6,9H2,1H3,(H,20,21,22). The summed E-state index contributed by atoms with van der Waals surface area (Å²) in [5, 5.41) is 0. The molecular weight excluding hydrogens is 324 g/mol. The van der Waals surface area contributed by atoms with E-state index in [1.807, 2.05) is 24.3 Å². The molecule has 1 N–H and O–H groups in total. The van der Waals surface area contributed by atoms with Crippen LogP contribution in [-0.2, 0) is 16.5 Å². The van der Waals surface area contributed by atoms with Gasteiger partial charge >= 0.3 is 0 Å². The molecule has 0 unspecified atom stereocenters. The van der Waals surface area contributed by atoms with Gasteiger partial charge in [0.05, 0.1) is 0 Å². The Morgan fingerprint density at radius 3 is 2.25 bits per heavy atom. The number of rotatable bonds is 9. The van der Waals surface area contributed by atoms with Crippen molar-refractivity contribution < 1.29 is 17.7 Å². The van der Waals surface area contributed by atoms with Crippen molar-refractivity contribution in [2.24, 2.45) is 0 Å². The van der Waals surface area contributed by atoms with Crippen LogP contribution in [0.2, 0.25) is 0 Å². The molecule has 0 spiro atoms. The van der Waals surface area contributed by atoms with Crippen molar-refractivity contribution >= 4 is 10.1 Å². The molecule has 0 aromatic heterocycles. The van der Waals surface area contributed by atoms with Crippen LogP contribution in [-0.4, -0.2) is 13.0 Å². The third-order valence-electron chi connectivity index (χ3n) is 3.85. The Bertz CT molecular complexity index is 736. The maximum absolute atomic E-state index is 11.4. The van der Waals surface area contributed by atoms with Crippen LogP contribution in [0.4, 0.5) is 0 Å². The molecule has 2 aromatic rings. The van der Waals surface area contributed by atoms with Crippen LogP contribution in [0, 0.1) is 0 Å². The van der Waals surface area contributed by atoms with E-state index in [0.717, 1.165) is 6.42 Å². The SMILES string of the molecule is CCCCCCCc1ccc(Oc2ccccc2S(=O)(=O)O)cc1. The lowest BCUT2D eigenvalue weighted by Crippen LogP contribution is -2.00. The summed E-state index contributed by atoms with van der Waals surface area (Å²) in [4.78, 5) is -0.231. The van der Waals surface area contributed by atoms with E-state index in [1.165, 1.54) is 55.9 Å². The molecule has 130 valence electrons. The fourth-order valence-corrected chi connectivity index (χ4v) is 3.15. The zero-order valence-corrected chi connectivity index (χ0v) is 14.8. The minimum absolute atomic E-state index is 0.118. The molecule has 2 aromatic carbocycles. The summed E-state index contributed by atoms with van der Waals surface area (Å²) < 4.78 is 37.6. The zero-order valence-electron chi connectivity index (χ0n) is 13.9. The Morgan fingerprint density at radius 1 is 0.917 bits per heavy atom. The molecule has 0 saturated heterocycles. The minimum Gasteiger partial charge on any atom is -0.456 e. The lowest BCUT2D eigenvalue weighted by Gasteiger charge is -2.10. The van der Waals surface area contributed by atoms with Gasteiger partial charge in [-0.1, -0.05) is 56.9 Å². The van der Waals surface area contributed by atoms with E-state index in [0.29, 0.717) is 5.75 Å². The Balaban J connectivity index is 1.98. The molecule has 0 saturated carbocycles. The molecule has 2 rings (SSSR count). The summed E-state index contributed by atoms with van der Waals surface area (Å²) in [5.74, 6) is 0.660. The van der Waals surface area contributed by atoms with Gasteiger partial charge in [0, 0.05) is 0 Å². The van der Waals surface area contributed by atoms with E-state index < -0.39 is 10.1 Å². The van der Waals surface area contributed by atoms with Gasteiger partial charge in [-0.05, 0) is 42.7 Å². The highest BCUT2D eigenvalue weighted by Crippen LogP contribution is 2.28. The molecule has 0 fully saturated rings. The zero-order chi connectivity index (χ0) is 17.4. The van der Waals surface area contributed by atoms with Crippen LogP contribution < -0.4 is 4.74 Å². The molecule has 0 aliphatic rings. The number of benzene rings is 2. The van der Waals surface area contributed by atoms with Gasteiger partial charge in [0.15, 0.2) is 0 Å². The second-order valence-corrected chi connectivity index (χ2v) is 7.22. The average molecular weight is 348 g/mol. The lowest BCUT2D eigenvalue weighted by molar-refractivity contribution is 0.450. The molecule has 0 aliphatic heterocycles. The minimum atomic E-state index is -4.31. The van der Waals surface area contributed by atoms with Gasteiger partial charge in [0.25, 0.3) is 10.1 Å². The second-order valence-electron chi connectivity index (χ2n) is 5.83. The van der Waals surface area contributed by atoms with Crippen LogP contribution in [0.3, 0.4) is 0 Å². The number of para-hydroxylation sites is 1. The van der Waals surface area contributed by atoms with Crippen molar-refractivity contribution in [3.8, 4) is 11.5 Å². The highest BCUT2D eigenvalue weighted by molar-refractivity contribution is 7.86. The van der Waals surface area contributed by atoms with E-state index in [2.05, 4.69) is 6.92 Å². The number of ether oxygens (including phenoxy) is 1. The van der Waals surface area contributed by atoms with Crippen LogP contribution >= 0.6 is 0 Å². The molecule has 4 nitrogen and oxygen atoms in total. The number of hydrogen-bond acceptors (Lipinski definition) is 3. The van der Waals surface area contributed by atoms with Crippen molar-refractivity contribution in [1.82, 2.24) is 0 Å². The van der Waals surface area contributed by atoms with Gasteiger partial charge in [0.1, 0.15) is 16.4 Å². The summed E-state index contributed by atoms with van der Waals surface area (Å²) in [6.07, 6.45) is 7.27. The quantitative estimate of drug-likeness (QED) is 0.497. The molecule has 0 heterocycles. The third-order valence-corrected chi connectivity index (χ3v) is 4.74. The van der Waals surface area contributed by atoms with E-state index in [9.17, 15) is 13.0 Å². The highest BCUT2D eigenvalue weighted by Gasteiger charge is 2.16. The Morgan fingerprint density at radius 2 is 1.58 bits per heavy atom. The van der Waals surface area contributed by atoms with E-state index in [-0.39, 0.29) is 10.6 Å².